The quantitative estimate of drug-likeness (QED) is 0.0195. The number of likely N-dealkylation sites (tertiary alicyclic amines) is 1. The van der Waals surface area contributed by atoms with Gasteiger partial charge in [-0.15, -0.1) is 6.58 Å². The van der Waals surface area contributed by atoms with Gasteiger partial charge in [-0.25, -0.2) is 9.55 Å². The van der Waals surface area contributed by atoms with E-state index in [-0.39, 0.29) is 57.5 Å². The summed E-state index contributed by atoms with van der Waals surface area (Å²) in [5.41, 5.74) is 1.85. The van der Waals surface area contributed by atoms with Crippen molar-refractivity contribution >= 4 is 43.0 Å². The van der Waals surface area contributed by atoms with E-state index < -0.39 is 103 Å². The van der Waals surface area contributed by atoms with Gasteiger partial charge in [-0.2, -0.15) is 0 Å². The summed E-state index contributed by atoms with van der Waals surface area (Å²) in [6.07, 6.45) is 2.40. The molecule has 4 N–H and O–H groups in total. The Morgan fingerprint density at radius 1 is 0.802 bits per heavy atom. The van der Waals surface area contributed by atoms with Crippen LogP contribution in [0.3, 0.4) is 0 Å². The van der Waals surface area contributed by atoms with Gasteiger partial charge in [-0.05, 0) is 62.3 Å². The number of Topliss-reactive ketones (excluding diaryl/α,β-unsaturated/α-hetero) is 2. The fourth-order valence-electron chi connectivity index (χ4n) is 10.3. The average molecular weight is 1130 g/mol. The third-order valence-corrected chi connectivity index (χ3v) is 15.3. The molecule has 0 saturated carbocycles. The van der Waals surface area contributed by atoms with Crippen molar-refractivity contribution in [3.8, 4) is 0 Å². The number of phosphoric ester groups is 1. The summed E-state index contributed by atoms with van der Waals surface area (Å²) in [5.74, 6) is -6.12. The van der Waals surface area contributed by atoms with Gasteiger partial charge >= 0.3 is 7.82 Å². The molecule has 1 unspecified atom stereocenters. The van der Waals surface area contributed by atoms with Crippen molar-refractivity contribution in [3.05, 3.63) is 174 Å². The van der Waals surface area contributed by atoms with Crippen LogP contribution in [0.2, 0.25) is 0 Å². The van der Waals surface area contributed by atoms with Gasteiger partial charge in [0, 0.05) is 58.1 Å². The summed E-state index contributed by atoms with van der Waals surface area (Å²) in [6.45, 7) is 15.3. The summed E-state index contributed by atoms with van der Waals surface area (Å²) in [5, 5.41) is 8.37. The Hall–Kier alpha value is -6.92. The first-order chi connectivity index (χ1) is 38.6. The van der Waals surface area contributed by atoms with Crippen molar-refractivity contribution < 1.29 is 56.7 Å². The number of ether oxygens (including phenoxy) is 2. The van der Waals surface area contributed by atoms with Crippen LogP contribution in [0, 0.1) is 17.8 Å². The lowest BCUT2D eigenvalue weighted by atomic mass is 9.76. The molecule has 1 saturated heterocycles. The lowest BCUT2D eigenvalue weighted by Gasteiger charge is -2.39. The first kappa shape index (κ1) is 63.3. The second-order valence-corrected chi connectivity index (χ2v) is 23.3. The first-order valence-electron chi connectivity index (χ1n) is 27.5. The van der Waals surface area contributed by atoms with Gasteiger partial charge in [0.25, 0.3) is 0 Å². The van der Waals surface area contributed by atoms with Crippen molar-refractivity contribution in [2.75, 3.05) is 26.8 Å². The number of nitrogens with one attached hydrogen (secondary N) is 3. The third-order valence-electron chi connectivity index (χ3n) is 14.3. The largest absolute Gasteiger partial charge is 0.472 e. The Morgan fingerprint density at radius 3 is 1.88 bits per heavy atom. The van der Waals surface area contributed by atoms with Gasteiger partial charge in [0.2, 0.25) is 23.6 Å². The molecule has 1 aliphatic rings. The van der Waals surface area contributed by atoms with Gasteiger partial charge in [0.15, 0.2) is 11.6 Å². The van der Waals surface area contributed by atoms with Crippen LogP contribution < -0.4 is 16.0 Å². The Balaban J connectivity index is 1.40. The van der Waals surface area contributed by atoms with Crippen molar-refractivity contribution in [3.63, 3.8) is 0 Å². The molecule has 8 atom stereocenters. The number of hydrogen-bond acceptors (Lipinski definition) is 12. The van der Waals surface area contributed by atoms with E-state index in [2.05, 4.69) is 22.5 Å². The molecule has 1 fully saturated rings. The summed E-state index contributed by atoms with van der Waals surface area (Å²) in [4.78, 5) is 103. The minimum absolute atomic E-state index is 0.112. The summed E-state index contributed by atoms with van der Waals surface area (Å²) in [7, 11) is -3.45. The Labute approximate surface area is 476 Å². The van der Waals surface area contributed by atoms with Crippen LogP contribution in [0.1, 0.15) is 102 Å². The Morgan fingerprint density at radius 2 is 1.36 bits per heavy atom. The maximum atomic E-state index is 15.5. The molecule has 0 radical (unpaired) electrons. The zero-order chi connectivity index (χ0) is 58.9. The minimum Gasteiger partial charge on any atom is -0.373 e. The standard InChI is InChI=1S/C62H79N6O12P/c1-10-31-77-51-35-55(67(38-51)44(5)69)60(74)65-53(32-42(2)3)56(70)34-46(33-50-37-64-41-68(50)62(47-25-17-12-18-26-47,48-27-19-13-20-28-48)49-29-21-14-22-30-49)58(72)66-54(40-78-61(6,7)8)57(71)36-52(59(73)63-9)43(4)80-81(75,76)79-39-45-23-15-11-16-24-45/h10-30,37,41-43,46,51-55H,1,31-36,38-40H2,2-9H3,(H,63,73)(H,65,74)(H,66,72)(H,75,76)/t43-,46-,51-,52+,53+,54+,55+/m1/s1. The van der Waals surface area contributed by atoms with Crippen molar-refractivity contribution in [2.24, 2.45) is 17.8 Å². The van der Waals surface area contributed by atoms with E-state index in [1.807, 2.05) is 109 Å². The third kappa shape index (κ3) is 17.3. The fourth-order valence-corrected chi connectivity index (χ4v) is 11.2. The molecule has 4 amide bonds. The first-order valence-corrected chi connectivity index (χ1v) is 29.0. The van der Waals surface area contributed by atoms with E-state index in [0.717, 1.165) is 16.7 Å². The van der Waals surface area contributed by atoms with Crippen LogP contribution in [-0.2, 0) is 70.4 Å². The zero-order valence-corrected chi connectivity index (χ0v) is 48.6. The summed E-state index contributed by atoms with van der Waals surface area (Å²) < 4.78 is 38.0. The highest BCUT2D eigenvalue weighted by molar-refractivity contribution is 7.47. The van der Waals surface area contributed by atoms with Crippen molar-refractivity contribution in [1.82, 2.24) is 30.4 Å². The van der Waals surface area contributed by atoms with E-state index in [1.165, 1.54) is 25.8 Å². The molecule has 6 rings (SSSR count). The van der Waals surface area contributed by atoms with Crippen molar-refractivity contribution in [1.29, 1.82) is 0 Å². The lowest BCUT2D eigenvalue weighted by molar-refractivity contribution is -0.139. The zero-order valence-electron chi connectivity index (χ0n) is 47.7. The fraction of sp³-hybridized carbons (Fsp3) is 0.435. The lowest BCUT2D eigenvalue weighted by Crippen LogP contribution is -2.52. The molecule has 434 valence electrons. The minimum atomic E-state index is -4.80. The molecule has 81 heavy (non-hydrogen) atoms. The molecule has 5 aromatic rings. The monoisotopic (exact) mass is 1130 g/mol. The van der Waals surface area contributed by atoms with Gasteiger partial charge in [-0.1, -0.05) is 141 Å². The number of ketones is 2. The average Bonchev–Trinajstić information content (AvgIpc) is 4.35. The second-order valence-electron chi connectivity index (χ2n) is 21.9. The highest BCUT2D eigenvalue weighted by atomic mass is 31.2. The van der Waals surface area contributed by atoms with E-state index in [1.54, 1.807) is 69.7 Å². The number of rotatable bonds is 30. The number of aromatic nitrogens is 2. The SMILES string of the molecule is C=CCO[C@@H]1C[C@@H](C(=O)N[C@@H](CC(C)C)C(=O)C[C@@H](Cc2cncn2C(c2ccccc2)(c2ccccc2)c2ccccc2)C(=O)N[C@@H](COC(C)(C)C)C(=O)C[C@H](C(=O)NC)[C@@H](C)OP(=O)(O)OCc2ccccc2)N(C(C)=O)C1. The molecule has 19 heteroatoms. The van der Waals surface area contributed by atoms with E-state index >= 15 is 9.59 Å². The second kappa shape index (κ2) is 29.2. The number of imidazole rings is 1. The van der Waals surface area contributed by atoms with Gasteiger partial charge in [0.1, 0.15) is 17.6 Å². The van der Waals surface area contributed by atoms with Crippen molar-refractivity contribution in [2.45, 2.75) is 129 Å². The number of carbonyl (C=O) groups is 6. The number of phosphoric acid groups is 1. The topological polar surface area (TPSA) is 234 Å². The molecular weight excluding hydrogens is 1050 g/mol. The van der Waals surface area contributed by atoms with Gasteiger partial charge < -0.3 is 39.8 Å². The van der Waals surface area contributed by atoms with Crippen LogP contribution in [0.15, 0.2) is 147 Å². The van der Waals surface area contributed by atoms with Gasteiger partial charge in [-0.3, -0.25) is 37.8 Å². The number of carbonyl (C=O) groups excluding carboxylic acids is 6. The highest BCUT2D eigenvalue weighted by Crippen LogP contribution is 2.47. The maximum Gasteiger partial charge on any atom is 0.472 e. The predicted octanol–water partition coefficient (Wildman–Crippen LogP) is 7.91. The highest BCUT2D eigenvalue weighted by Gasteiger charge is 2.43. The smallest absolute Gasteiger partial charge is 0.373 e. The molecular formula is C62H79N6O12P. The number of benzene rings is 4. The van der Waals surface area contributed by atoms with Gasteiger partial charge in [0.05, 0.1) is 61.8 Å². The summed E-state index contributed by atoms with van der Waals surface area (Å²) in [6, 6.07) is 34.8. The van der Waals surface area contributed by atoms with Crippen LogP contribution >= 0.6 is 7.82 Å². The number of amides is 4. The normalized spacial score (nSPS) is 17.2. The van der Waals surface area contributed by atoms with Crippen LogP contribution in [0.25, 0.3) is 0 Å². The summed E-state index contributed by atoms with van der Waals surface area (Å²) >= 11 is 0. The van der Waals surface area contributed by atoms with E-state index in [0.29, 0.717) is 11.3 Å². The predicted molar refractivity (Wildman–Crippen MR) is 307 cm³/mol. The van der Waals surface area contributed by atoms with Crippen LogP contribution in [0.5, 0.6) is 0 Å². The molecule has 18 nitrogen and oxygen atoms in total. The molecule has 0 aliphatic carbocycles. The molecule has 2 heterocycles. The molecule has 0 bridgehead atoms. The number of hydrogen-bond donors (Lipinski definition) is 4. The van der Waals surface area contributed by atoms with Crippen LogP contribution in [-0.4, -0.2) is 117 Å². The molecule has 0 spiro atoms. The van der Waals surface area contributed by atoms with Crippen LogP contribution in [0.4, 0.5) is 0 Å². The Bertz CT molecular complexity index is 2840. The molecule has 1 aromatic heterocycles. The number of nitrogens with zero attached hydrogens (tertiary/aromatic N) is 3. The van der Waals surface area contributed by atoms with E-state index in [9.17, 15) is 28.6 Å². The van der Waals surface area contributed by atoms with E-state index in [4.69, 9.17) is 23.5 Å². The Kier molecular flexibility index (Phi) is 22.8. The molecule has 1 aliphatic heterocycles. The molecule has 4 aromatic carbocycles. The maximum absolute atomic E-state index is 15.5.